The topological polar surface area (TPSA) is 46.1 Å². The zero-order valence-electron chi connectivity index (χ0n) is 16.0. The number of rotatable bonds is 6. The molecular weight excluding hydrogens is 453 g/mol. The van der Waals surface area contributed by atoms with Gasteiger partial charge in [0, 0.05) is 33.8 Å². The van der Waals surface area contributed by atoms with Gasteiger partial charge in [0.25, 0.3) is 0 Å². The fraction of sp³-hybridized carbons (Fsp3) is 0.381. The van der Waals surface area contributed by atoms with E-state index in [9.17, 15) is 0 Å². The second kappa shape index (κ2) is 11.1. The molecule has 1 N–H and O–H groups in total. The molecule has 1 heterocycles. The van der Waals surface area contributed by atoms with Gasteiger partial charge in [-0.3, -0.25) is 4.99 Å². The van der Waals surface area contributed by atoms with Crippen molar-refractivity contribution in [1.82, 2.24) is 10.2 Å². The van der Waals surface area contributed by atoms with E-state index in [1.165, 1.54) is 16.7 Å². The van der Waals surface area contributed by atoms with Gasteiger partial charge in [0.15, 0.2) is 5.96 Å². The molecule has 0 saturated heterocycles. The molecule has 146 valence electrons. The van der Waals surface area contributed by atoms with E-state index < -0.39 is 0 Å². The zero-order chi connectivity index (χ0) is 18.2. The molecule has 27 heavy (non-hydrogen) atoms. The van der Waals surface area contributed by atoms with E-state index in [0.717, 1.165) is 37.8 Å². The molecule has 0 aliphatic carbocycles. The van der Waals surface area contributed by atoms with Gasteiger partial charge >= 0.3 is 0 Å². The predicted octanol–water partition coefficient (Wildman–Crippen LogP) is 3.46. The minimum absolute atomic E-state index is 0. The fourth-order valence-electron chi connectivity index (χ4n) is 3.14. The number of fused-ring (bicyclic) bond motifs is 1. The molecule has 1 aliphatic heterocycles. The van der Waals surface area contributed by atoms with Crippen LogP contribution in [0.25, 0.3) is 0 Å². The molecule has 0 atom stereocenters. The number of ether oxygens (including phenoxy) is 2. The van der Waals surface area contributed by atoms with E-state index in [1.54, 1.807) is 7.11 Å². The summed E-state index contributed by atoms with van der Waals surface area (Å²) in [4.78, 5) is 6.77. The fourth-order valence-corrected chi connectivity index (χ4v) is 3.14. The van der Waals surface area contributed by atoms with Crippen molar-refractivity contribution in [3.8, 4) is 5.75 Å². The number of hydrogen-bond donors (Lipinski definition) is 1. The largest absolute Gasteiger partial charge is 0.491 e. The molecule has 2 aromatic rings. The van der Waals surface area contributed by atoms with Gasteiger partial charge < -0.3 is 19.7 Å². The molecule has 3 rings (SSSR count). The number of nitrogens with zero attached hydrogens (tertiary/aromatic N) is 2. The summed E-state index contributed by atoms with van der Waals surface area (Å²) in [6, 6.07) is 16.8. The van der Waals surface area contributed by atoms with Gasteiger partial charge in [0.05, 0.1) is 6.61 Å². The number of aliphatic imine (C=N–C) groups is 1. The monoisotopic (exact) mass is 481 g/mol. The highest BCUT2D eigenvalue weighted by Crippen LogP contribution is 2.18. The maximum Gasteiger partial charge on any atom is 0.194 e. The van der Waals surface area contributed by atoms with Crippen molar-refractivity contribution in [2.75, 3.05) is 33.9 Å². The van der Waals surface area contributed by atoms with Gasteiger partial charge in [-0.15, -0.1) is 24.0 Å². The molecule has 0 radical (unpaired) electrons. The Morgan fingerprint density at radius 1 is 1.07 bits per heavy atom. The number of methoxy groups -OCH3 is 1. The second-order valence-electron chi connectivity index (χ2n) is 6.33. The molecule has 0 fully saturated rings. The first kappa shape index (κ1) is 21.5. The van der Waals surface area contributed by atoms with Crippen molar-refractivity contribution in [2.24, 2.45) is 4.99 Å². The zero-order valence-corrected chi connectivity index (χ0v) is 18.3. The number of benzene rings is 2. The summed E-state index contributed by atoms with van der Waals surface area (Å²) in [5.74, 6) is 1.81. The SMILES string of the molecule is CN=C(NCc1ccc(OCCOC)cc1)N1CCc2ccccc2C1.I. The average molecular weight is 481 g/mol. The minimum Gasteiger partial charge on any atom is -0.491 e. The Balaban J connectivity index is 0.00000261. The van der Waals surface area contributed by atoms with E-state index in [2.05, 4.69) is 51.6 Å². The Kier molecular flexibility index (Phi) is 8.87. The van der Waals surface area contributed by atoms with Crippen LogP contribution in [0.1, 0.15) is 16.7 Å². The number of hydrogen-bond acceptors (Lipinski definition) is 3. The third-order valence-corrected chi connectivity index (χ3v) is 4.57. The predicted molar refractivity (Wildman–Crippen MR) is 120 cm³/mol. The Labute approximate surface area is 178 Å². The average Bonchev–Trinajstić information content (AvgIpc) is 2.69. The van der Waals surface area contributed by atoms with Gasteiger partial charge in [-0.2, -0.15) is 0 Å². The lowest BCUT2D eigenvalue weighted by Crippen LogP contribution is -2.43. The summed E-state index contributed by atoms with van der Waals surface area (Å²) in [7, 11) is 3.52. The van der Waals surface area contributed by atoms with Crippen LogP contribution in [0.4, 0.5) is 0 Å². The van der Waals surface area contributed by atoms with E-state index >= 15 is 0 Å². The standard InChI is InChI=1S/C21H27N3O2.HI/c1-22-21(24-12-11-18-5-3-4-6-19(18)16-24)23-15-17-7-9-20(10-8-17)26-14-13-25-2;/h3-10H,11-16H2,1-2H3,(H,22,23);1H. The molecule has 0 amide bonds. The van der Waals surface area contributed by atoms with Crippen LogP contribution in [0, 0.1) is 0 Å². The molecule has 2 aromatic carbocycles. The molecule has 5 nitrogen and oxygen atoms in total. The first-order valence-electron chi connectivity index (χ1n) is 9.03. The van der Waals surface area contributed by atoms with Crippen LogP contribution < -0.4 is 10.1 Å². The third kappa shape index (κ3) is 6.10. The van der Waals surface area contributed by atoms with Gasteiger partial charge in [0.1, 0.15) is 12.4 Å². The van der Waals surface area contributed by atoms with Crippen LogP contribution in [0.5, 0.6) is 5.75 Å². The Hall–Kier alpha value is -1.80. The van der Waals surface area contributed by atoms with Gasteiger partial charge in [-0.05, 0) is 35.2 Å². The van der Waals surface area contributed by atoms with Crippen molar-refractivity contribution >= 4 is 29.9 Å². The summed E-state index contributed by atoms with van der Waals surface area (Å²) in [5.41, 5.74) is 4.03. The van der Waals surface area contributed by atoms with Crippen molar-refractivity contribution in [1.29, 1.82) is 0 Å². The maximum absolute atomic E-state index is 5.60. The van der Waals surface area contributed by atoms with Crippen molar-refractivity contribution in [2.45, 2.75) is 19.5 Å². The lowest BCUT2D eigenvalue weighted by molar-refractivity contribution is 0.146. The summed E-state index contributed by atoms with van der Waals surface area (Å²) in [6.07, 6.45) is 1.06. The Morgan fingerprint density at radius 3 is 2.52 bits per heavy atom. The molecule has 0 aromatic heterocycles. The minimum atomic E-state index is 0. The number of halogens is 1. The first-order valence-corrected chi connectivity index (χ1v) is 9.03. The lowest BCUT2D eigenvalue weighted by atomic mass is 10.0. The smallest absolute Gasteiger partial charge is 0.194 e. The third-order valence-electron chi connectivity index (χ3n) is 4.57. The summed E-state index contributed by atoms with van der Waals surface area (Å²) in [5, 5.41) is 3.47. The van der Waals surface area contributed by atoms with Gasteiger partial charge in [0.2, 0.25) is 0 Å². The summed E-state index contributed by atoms with van der Waals surface area (Å²) >= 11 is 0. The number of nitrogens with one attached hydrogen (secondary N) is 1. The van der Waals surface area contributed by atoms with Crippen LogP contribution in [-0.4, -0.2) is 44.8 Å². The lowest BCUT2D eigenvalue weighted by Gasteiger charge is -2.31. The van der Waals surface area contributed by atoms with Crippen LogP contribution in [-0.2, 0) is 24.2 Å². The van der Waals surface area contributed by atoms with E-state index in [0.29, 0.717) is 13.2 Å². The maximum atomic E-state index is 5.60. The molecule has 0 spiro atoms. The normalized spacial score (nSPS) is 13.6. The molecule has 6 heteroatoms. The van der Waals surface area contributed by atoms with Crippen LogP contribution in [0.2, 0.25) is 0 Å². The molecule has 1 aliphatic rings. The highest BCUT2D eigenvalue weighted by Gasteiger charge is 2.18. The first-order chi connectivity index (χ1) is 12.8. The van der Waals surface area contributed by atoms with E-state index in [4.69, 9.17) is 9.47 Å². The molecule has 0 bridgehead atoms. The summed E-state index contributed by atoms with van der Waals surface area (Å²) in [6.45, 7) is 3.80. The van der Waals surface area contributed by atoms with Crippen molar-refractivity contribution < 1.29 is 9.47 Å². The van der Waals surface area contributed by atoms with E-state index in [-0.39, 0.29) is 24.0 Å². The summed E-state index contributed by atoms with van der Waals surface area (Å²) < 4.78 is 10.6. The molecule has 0 unspecified atom stereocenters. The van der Waals surface area contributed by atoms with Crippen LogP contribution >= 0.6 is 24.0 Å². The van der Waals surface area contributed by atoms with Crippen molar-refractivity contribution in [3.63, 3.8) is 0 Å². The Morgan fingerprint density at radius 2 is 1.81 bits per heavy atom. The van der Waals surface area contributed by atoms with Crippen LogP contribution in [0.3, 0.4) is 0 Å². The molecule has 0 saturated carbocycles. The highest BCUT2D eigenvalue weighted by molar-refractivity contribution is 14.0. The quantitative estimate of drug-likeness (QED) is 0.297. The Bertz CT molecular complexity index is 734. The van der Waals surface area contributed by atoms with Crippen LogP contribution in [0.15, 0.2) is 53.5 Å². The van der Waals surface area contributed by atoms with Crippen molar-refractivity contribution in [3.05, 3.63) is 65.2 Å². The second-order valence-corrected chi connectivity index (χ2v) is 6.33. The highest BCUT2D eigenvalue weighted by atomic mass is 127. The van der Waals surface area contributed by atoms with Gasteiger partial charge in [-0.1, -0.05) is 36.4 Å². The van der Waals surface area contributed by atoms with Gasteiger partial charge in [-0.25, -0.2) is 0 Å². The van der Waals surface area contributed by atoms with E-state index in [1.807, 2.05) is 19.2 Å². The number of guanidine groups is 1. The molecular formula is C21H28IN3O2.